The lowest BCUT2D eigenvalue weighted by Crippen LogP contribution is -2.25. The molecule has 2 heterocycles. The van der Waals surface area contributed by atoms with Crippen LogP contribution in [-0.2, 0) is 11.3 Å². The summed E-state index contributed by atoms with van der Waals surface area (Å²) in [6.45, 7) is 0.930. The van der Waals surface area contributed by atoms with Gasteiger partial charge in [0.25, 0.3) is 0 Å². The van der Waals surface area contributed by atoms with Crippen LogP contribution in [-0.4, -0.2) is 28.8 Å². The number of fused-ring (bicyclic) bond motifs is 1. The molecule has 0 radical (unpaired) electrons. The molecule has 0 saturated heterocycles. The first-order valence-electron chi connectivity index (χ1n) is 8.52. The number of nitrogens with one attached hydrogen (secondary N) is 1. The molecule has 0 aliphatic carbocycles. The number of hydrogen-bond donors (Lipinski definition) is 1. The lowest BCUT2D eigenvalue weighted by molar-refractivity contribution is -0.116. The molecule has 0 fully saturated rings. The molecule has 1 N–H and O–H groups in total. The summed E-state index contributed by atoms with van der Waals surface area (Å²) in [7, 11) is 0. The topological polar surface area (TPSA) is 95.6 Å². The zero-order valence-corrected chi connectivity index (χ0v) is 14.4. The first-order valence-corrected chi connectivity index (χ1v) is 8.52. The van der Waals surface area contributed by atoms with E-state index in [0.29, 0.717) is 41.8 Å². The van der Waals surface area contributed by atoms with Crippen molar-refractivity contribution in [2.45, 2.75) is 13.0 Å². The van der Waals surface area contributed by atoms with E-state index in [1.807, 2.05) is 18.2 Å². The van der Waals surface area contributed by atoms with Crippen molar-refractivity contribution in [1.82, 2.24) is 9.72 Å². The number of rotatable bonds is 4. The van der Waals surface area contributed by atoms with Crippen molar-refractivity contribution in [1.29, 1.82) is 0 Å². The highest BCUT2D eigenvalue weighted by molar-refractivity contribution is 5.91. The van der Waals surface area contributed by atoms with Gasteiger partial charge < -0.3 is 14.8 Å². The van der Waals surface area contributed by atoms with Crippen molar-refractivity contribution < 1.29 is 18.8 Å². The Morgan fingerprint density at radius 1 is 1.07 bits per heavy atom. The van der Waals surface area contributed by atoms with Gasteiger partial charge in [0, 0.05) is 23.7 Å². The highest BCUT2D eigenvalue weighted by Gasteiger charge is 2.17. The van der Waals surface area contributed by atoms with E-state index in [2.05, 4.69) is 10.5 Å². The molecule has 8 nitrogen and oxygen atoms in total. The average molecular weight is 367 g/mol. The monoisotopic (exact) mass is 367 g/mol. The minimum Gasteiger partial charge on any atom is -0.490 e. The van der Waals surface area contributed by atoms with Crippen LogP contribution in [0.1, 0.15) is 6.42 Å². The van der Waals surface area contributed by atoms with Crippen LogP contribution in [0.3, 0.4) is 0 Å². The van der Waals surface area contributed by atoms with Crippen LogP contribution in [0.5, 0.6) is 11.5 Å². The van der Waals surface area contributed by atoms with Gasteiger partial charge in [-0.2, -0.15) is 0 Å². The first-order chi connectivity index (χ1) is 13.2. The van der Waals surface area contributed by atoms with Gasteiger partial charge in [0.15, 0.2) is 17.3 Å². The molecule has 0 saturated carbocycles. The van der Waals surface area contributed by atoms with Gasteiger partial charge in [0.1, 0.15) is 6.54 Å². The third-order valence-electron chi connectivity index (χ3n) is 4.05. The van der Waals surface area contributed by atoms with E-state index in [1.54, 1.807) is 30.3 Å². The highest BCUT2D eigenvalue weighted by Crippen LogP contribution is 2.32. The summed E-state index contributed by atoms with van der Waals surface area (Å²) in [6, 6.07) is 14.2. The van der Waals surface area contributed by atoms with Gasteiger partial charge in [-0.15, -0.1) is 0 Å². The molecule has 0 unspecified atom stereocenters. The molecule has 3 aromatic rings. The quantitative estimate of drug-likeness (QED) is 0.760. The normalized spacial score (nSPS) is 13.0. The van der Waals surface area contributed by atoms with Crippen molar-refractivity contribution in [3.8, 4) is 22.9 Å². The van der Waals surface area contributed by atoms with Gasteiger partial charge in [-0.3, -0.25) is 9.32 Å². The summed E-state index contributed by atoms with van der Waals surface area (Å²) in [5.41, 5.74) is 1.24. The number of nitrogens with zero attached hydrogens (tertiary/aromatic N) is 2. The Morgan fingerprint density at radius 3 is 2.67 bits per heavy atom. The molecule has 138 valence electrons. The Balaban J connectivity index is 1.52. The Hall–Kier alpha value is -3.55. The summed E-state index contributed by atoms with van der Waals surface area (Å²) in [6.07, 6.45) is 0.801. The molecule has 0 spiro atoms. The number of carbonyl (C=O) groups is 1. The van der Waals surface area contributed by atoms with E-state index < -0.39 is 5.76 Å². The largest absolute Gasteiger partial charge is 0.490 e. The molecule has 1 aromatic heterocycles. The molecule has 1 aliphatic rings. The minimum absolute atomic E-state index is 0.221. The van der Waals surface area contributed by atoms with Crippen molar-refractivity contribution in [3.63, 3.8) is 0 Å². The molecule has 27 heavy (non-hydrogen) atoms. The number of carbonyl (C=O) groups excluding carboxylic acids is 1. The fourth-order valence-electron chi connectivity index (χ4n) is 2.79. The Morgan fingerprint density at radius 2 is 1.85 bits per heavy atom. The van der Waals surface area contributed by atoms with E-state index in [-0.39, 0.29) is 12.5 Å². The van der Waals surface area contributed by atoms with E-state index in [4.69, 9.17) is 14.0 Å². The second kappa shape index (κ2) is 7.36. The summed E-state index contributed by atoms with van der Waals surface area (Å²) in [4.78, 5) is 24.4. The van der Waals surface area contributed by atoms with Crippen LogP contribution in [0.25, 0.3) is 11.4 Å². The number of amides is 1. The number of hydrogen-bond acceptors (Lipinski definition) is 6. The Kier molecular flexibility index (Phi) is 4.61. The zero-order valence-electron chi connectivity index (χ0n) is 14.4. The van der Waals surface area contributed by atoms with Gasteiger partial charge in [0.05, 0.1) is 13.2 Å². The molecule has 0 atom stereocenters. The average Bonchev–Trinajstić information content (AvgIpc) is 2.89. The third-order valence-corrected chi connectivity index (χ3v) is 4.05. The fraction of sp³-hybridized carbons (Fsp3) is 0.211. The standard InChI is InChI=1S/C19H17N3O5/c23-17(20-14-7-8-15-16(11-14)26-10-4-9-25-15)12-22-18(21-27-19(22)24)13-5-2-1-3-6-13/h1-3,5-8,11H,4,9-10,12H2,(H,20,23). The van der Waals surface area contributed by atoms with Gasteiger partial charge in [-0.25, -0.2) is 9.36 Å². The molecular formula is C19H17N3O5. The molecule has 8 heteroatoms. The van der Waals surface area contributed by atoms with Crippen molar-refractivity contribution in [2.75, 3.05) is 18.5 Å². The summed E-state index contributed by atoms with van der Waals surface area (Å²) < 4.78 is 17.1. The van der Waals surface area contributed by atoms with Gasteiger partial charge in [0.2, 0.25) is 5.91 Å². The third kappa shape index (κ3) is 3.69. The second-order valence-corrected chi connectivity index (χ2v) is 5.98. The summed E-state index contributed by atoms with van der Waals surface area (Å²) in [5, 5.41) is 6.53. The van der Waals surface area contributed by atoms with Crippen LogP contribution in [0.2, 0.25) is 0 Å². The van der Waals surface area contributed by atoms with Crippen LogP contribution < -0.4 is 20.5 Å². The van der Waals surface area contributed by atoms with Crippen LogP contribution >= 0.6 is 0 Å². The fourth-order valence-corrected chi connectivity index (χ4v) is 2.79. The first kappa shape index (κ1) is 16.9. The van der Waals surface area contributed by atoms with Crippen LogP contribution in [0.4, 0.5) is 5.69 Å². The maximum absolute atomic E-state index is 12.4. The smallest absolute Gasteiger partial charge is 0.442 e. The van der Waals surface area contributed by atoms with Crippen LogP contribution in [0.15, 0.2) is 57.8 Å². The second-order valence-electron chi connectivity index (χ2n) is 5.98. The number of benzene rings is 2. The van der Waals surface area contributed by atoms with E-state index in [1.165, 1.54) is 4.57 Å². The van der Waals surface area contributed by atoms with Crippen molar-refractivity contribution in [3.05, 3.63) is 59.1 Å². The van der Waals surface area contributed by atoms with E-state index in [0.717, 1.165) is 6.42 Å². The van der Waals surface area contributed by atoms with E-state index in [9.17, 15) is 9.59 Å². The van der Waals surface area contributed by atoms with E-state index >= 15 is 0 Å². The molecule has 1 amide bonds. The Labute approximate surface area is 154 Å². The maximum atomic E-state index is 12.4. The number of aromatic nitrogens is 2. The molecule has 2 aromatic carbocycles. The predicted octanol–water partition coefficient (Wildman–Crippen LogP) is 2.30. The minimum atomic E-state index is -0.692. The van der Waals surface area contributed by atoms with Crippen molar-refractivity contribution in [2.24, 2.45) is 0 Å². The Bertz CT molecular complexity index is 1010. The van der Waals surface area contributed by atoms with Gasteiger partial charge >= 0.3 is 5.76 Å². The molecule has 0 bridgehead atoms. The maximum Gasteiger partial charge on any atom is 0.442 e. The number of anilines is 1. The molecule has 4 rings (SSSR count). The lowest BCUT2D eigenvalue weighted by Gasteiger charge is -2.11. The summed E-state index contributed by atoms with van der Waals surface area (Å²) >= 11 is 0. The lowest BCUT2D eigenvalue weighted by atomic mass is 10.2. The van der Waals surface area contributed by atoms with Crippen LogP contribution in [0, 0.1) is 0 Å². The highest BCUT2D eigenvalue weighted by atomic mass is 16.5. The van der Waals surface area contributed by atoms with Gasteiger partial charge in [-0.05, 0) is 12.1 Å². The zero-order chi connectivity index (χ0) is 18.6. The molecular weight excluding hydrogens is 350 g/mol. The predicted molar refractivity (Wildman–Crippen MR) is 96.9 cm³/mol. The van der Waals surface area contributed by atoms with Gasteiger partial charge in [-0.1, -0.05) is 35.5 Å². The number of ether oxygens (including phenoxy) is 2. The SMILES string of the molecule is O=C(Cn1c(-c2ccccc2)noc1=O)Nc1ccc2c(c1)OCCCO2. The van der Waals surface area contributed by atoms with Crippen molar-refractivity contribution >= 4 is 11.6 Å². The molecule has 1 aliphatic heterocycles. The summed E-state index contributed by atoms with van der Waals surface area (Å²) in [5.74, 6) is 0.452.